The number of carbonyl (C=O) groups is 3. The number of nitro benzene ring substituents is 1. The van der Waals surface area contributed by atoms with E-state index in [1.54, 1.807) is 37.8 Å². The molecule has 2 aliphatic heterocycles. The minimum atomic E-state index is -1.75. The molecule has 0 radical (unpaired) electrons. The number of carbonyl (C=O) groups excluding carboxylic acids is 3. The molecule has 2 saturated heterocycles. The number of hydrogen-bond donors (Lipinski definition) is 0. The van der Waals surface area contributed by atoms with Gasteiger partial charge < -0.3 is 13.9 Å². The summed E-state index contributed by atoms with van der Waals surface area (Å²) in [5, 5.41) is 10.9. The maximum absolute atomic E-state index is 13.6. The normalized spacial score (nSPS) is 23.4. The summed E-state index contributed by atoms with van der Waals surface area (Å²) in [5.74, 6) is -0.789. The van der Waals surface area contributed by atoms with Crippen LogP contribution < -0.4 is 0 Å². The lowest BCUT2D eigenvalue weighted by atomic mass is 9.81. The zero-order valence-electron chi connectivity index (χ0n) is 23.8. The van der Waals surface area contributed by atoms with Gasteiger partial charge in [-0.05, 0) is 64.4 Å². The summed E-state index contributed by atoms with van der Waals surface area (Å²) in [6.45, 7) is 11.9. The number of likely N-dealkylation sites (tertiary alicyclic amines) is 2. The molecule has 12 heteroatoms. The number of nitrogens with zero attached hydrogens (tertiary/aromatic N) is 3. The Morgan fingerprint density at radius 3 is 2.41 bits per heavy atom. The molecule has 0 bridgehead atoms. The Hall–Kier alpha value is -2.99. The molecule has 0 saturated carbocycles. The molecule has 2 fully saturated rings. The first-order chi connectivity index (χ1) is 18.3. The maximum Gasteiger partial charge on any atom is 0.417 e. The van der Waals surface area contributed by atoms with E-state index < -0.39 is 43.4 Å². The maximum atomic E-state index is 13.6. The molecule has 39 heavy (non-hydrogen) atoms. The Bertz CT molecular complexity index is 1060. The number of unbranched alkanes of at least 4 members (excludes halogenated alkanes) is 1. The van der Waals surface area contributed by atoms with E-state index in [9.17, 15) is 24.5 Å². The Morgan fingerprint density at radius 1 is 1.18 bits per heavy atom. The molecule has 1 aromatic rings. The van der Waals surface area contributed by atoms with Crippen LogP contribution in [0.25, 0.3) is 0 Å². The highest BCUT2D eigenvalue weighted by molar-refractivity contribution is 6.48. The first-order valence-electron chi connectivity index (χ1n) is 13.7. The van der Waals surface area contributed by atoms with Crippen molar-refractivity contribution in [3.63, 3.8) is 0 Å². The van der Waals surface area contributed by atoms with Crippen molar-refractivity contribution in [3.8, 4) is 0 Å². The molecule has 3 amide bonds. The van der Waals surface area contributed by atoms with E-state index in [2.05, 4.69) is 6.92 Å². The lowest BCUT2D eigenvalue weighted by molar-refractivity contribution is -0.384. The Labute approximate surface area is 231 Å². The zero-order chi connectivity index (χ0) is 29.0. The van der Waals surface area contributed by atoms with Gasteiger partial charge >= 0.3 is 12.2 Å². The van der Waals surface area contributed by atoms with Gasteiger partial charge in [-0.15, -0.1) is 0 Å². The number of rotatable bonds is 9. The van der Waals surface area contributed by atoms with Crippen molar-refractivity contribution < 1.29 is 33.2 Å². The van der Waals surface area contributed by atoms with Crippen molar-refractivity contribution in [2.24, 2.45) is 11.8 Å². The topological polar surface area (TPSA) is 129 Å². The summed E-state index contributed by atoms with van der Waals surface area (Å²) in [4.78, 5) is 52.8. The van der Waals surface area contributed by atoms with Crippen LogP contribution in [0.2, 0.25) is 13.1 Å². The molecule has 3 atom stereocenters. The highest BCUT2D eigenvalue weighted by atomic mass is 28.3. The van der Waals surface area contributed by atoms with Gasteiger partial charge in [0.25, 0.3) is 5.69 Å². The zero-order valence-corrected chi connectivity index (χ0v) is 25.0. The number of imide groups is 1. The van der Waals surface area contributed by atoms with E-state index in [1.807, 2.05) is 13.1 Å². The van der Waals surface area contributed by atoms with E-state index in [1.165, 1.54) is 12.1 Å². The minimum Gasteiger partial charge on any atom is -0.444 e. The van der Waals surface area contributed by atoms with Gasteiger partial charge in [0, 0.05) is 43.5 Å². The number of ether oxygens (including phenoxy) is 2. The molecule has 0 spiro atoms. The van der Waals surface area contributed by atoms with E-state index >= 15 is 0 Å². The van der Waals surface area contributed by atoms with Crippen LogP contribution in [0.1, 0.15) is 65.4 Å². The van der Waals surface area contributed by atoms with Crippen molar-refractivity contribution in [2.75, 3.05) is 13.1 Å². The first-order valence-corrected chi connectivity index (χ1v) is 16.5. The molecule has 2 heterocycles. The molecule has 0 aliphatic carbocycles. The number of nitro groups is 1. The highest BCUT2D eigenvalue weighted by Crippen LogP contribution is 2.48. The second-order valence-electron chi connectivity index (χ2n) is 11.6. The predicted octanol–water partition coefficient (Wildman–Crippen LogP) is 5.22. The van der Waals surface area contributed by atoms with E-state index in [-0.39, 0.29) is 37.1 Å². The monoisotopic (exact) mass is 563 g/mol. The molecule has 0 aromatic heterocycles. The lowest BCUT2D eigenvalue weighted by Crippen LogP contribution is -2.60. The molecule has 1 aromatic carbocycles. The van der Waals surface area contributed by atoms with Crippen LogP contribution in [0.15, 0.2) is 24.3 Å². The van der Waals surface area contributed by atoms with Gasteiger partial charge in [-0.2, -0.15) is 0 Å². The fourth-order valence-electron chi connectivity index (χ4n) is 5.52. The molecule has 3 unspecified atom stereocenters. The second-order valence-corrected chi connectivity index (χ2v) is 13.9. The van der Waals surface area contributed by atoms with Crippen LogP contribution in [0.5, 0.6) is 0 Å². The van der Waals surface area contributed by atoms with Crippen LogP contribution in [0.4, 0.5) is 15.3 Å². The summed E-state index contributed by atoms with van der Waals surface area (Å²) in [5.41, 5.74) is -1.25. The number of non-ortho nitro benzene ring substituents is 1. The third-order valence-electron chi connectivity index (χ3n) is 7.09. The Morgan fingerprint density at radius 2 is 1.85 bits per heavy atom. The van der Waals surface area contributed by atoms with Crippen molar-refractivity contribution in [3.05, 3.63) is 39.9 Å². The van der Waals surface area contributed by atoms with Crippen molar-refractivity contribution in [1.82, 2.24) is 9.80 Å². The van der Waals surface area contributed by atoms with Gasteiger partial charge in [0.1, 0.15) is 17.9 Å². The average Bonchev–Trinajstić information content (AvgIpc) is 3.41. The van der Waals surface area contributed by atoms with Gasteiger partial charge in [0.05, 0.1) is 4.92 Å². The highest BCUT2D eigenvalue weighted by Gasteiger charge is 2.60. The summed E-state index contributed by atoms with van der Waals surface area (Å²) < 4.78 is 17.9. The van der Waals surface area contributed by atoms with Crippen molar-refractivity contribution in [2.45, 2.75) is 90.8 Å². The smallest absolute Gasteiger partial charge is 0.417 e. The number of benzene rings is 1. The quantitative estimate of drug-likeness (QED) is 0.227. The van der Waals surface area contributed by atoms with E-state index in [4.69, 9.17) is 13.9 Å². The summed E-state index contributed by atoms with van der Waals surface area (Å²) >= 11 is 0. The van der Waals surface area contributed by atoms with Crippen LogP contribution in [-0.2, 0) is 25.3 Å². The van der Waals surface area contributed by atoms with Gasteiger partial charge in [0.15, 0.2) is 9.04 Å². The van der Waals surface area contributed by atoms with Gasteiger partial charge in [-0.1, -0.05) is 19.8 Å². The molecular weight excluding hydrogens is 522 g/mol. The Kier molecular flexibility index (Phi) is 9.76. The summed E-state index contributed by atoms with van der Waals surface area (Å²) in [6.07, 6.45) is 2.25. The van der Waals surface area contributed by atoms with Crippen LogP contribution >= 0.6 is 0 Å². The van der Waals surface area contributed by atoms with E-state index in [0.717, 1.165) is 24.2 Å². The molecule has 3 rings (SSSR count). The van der Waals surface area contributed by atoms with Crippen LogP contribution in [0, 0.1) is 22.0 Å². The summed E-state index contributed by atoms with van der Waals surface area (Å²) in [7, 11) is -1.75. The SMILES string of the molecule is CCCCC1CCN(C(=O)OCc2ccc([N+](=O)[O-])cc2)C1(O[SiH](C)C)C1CC(=O)N(C(=O)OC(C)(C)C)C1. The van der Waals surface area contributed by atoms with Gasteiger partial charge in [-0.25, -0.2) is 14.5 Å². The summed E-state index contributed by atoms with van der Waals surface area (Å²) in [6, 6.07) is 5.84. The molecule has 11 nitrogen and oxygen atoms in total. The molecule has 2 aliphatic rings. The molecule has 216 valence electrons. The van der Waals surface area contributed by atoms with E-state index in [0.29, 0.717) is 18.5 Å². The third-order valence-corrected chi connectivity index (χ3v) is 7.94. The lowest BCUT2D eigenvalue weighted by Gasteiger charge is -2.47. The van der Waals surface area contributed by atoms with Gasteiger partial charge in [-0.3, -0.25) is 19.8 Å². The second kappa shape index (κ2) is 12.5. The third kappa shape index (κ3) is 7.16. The Balaban J connectivity index is 1.89. The largest absolute Gasteiger partial charge is 0.444 e. The fraction of sp³-hybridized carbons (Fsp3) is 0.667. The van der Waals surface area contributed by atoms with Gasteiger partial charge in [0.2, 0.25) is 5.91 Å². The standard InChI is InChI=1S/C27H41N3O8Si/c1-7-8-9-20-14-15-29(25(33)36-18-19-10-12-22(13-11-19)30(34)35)27(20,38-39(5)6)21-16-23(31)28(17-21)24(32)37-26(2,3)4/h10-13,20-21,39H,7-9,14-18H2,1-6H3. The van der Waals surface area contributed by atoms with Crippen LogP contribution in [0.3, 0.4) is 0 Å². The average molecular weight is 564 g/mol. The minimum absolute atomic E-state index is 0.0179. The molecule has 0 N–H and O–H groups in total. The van der Waals surface area contributed by atoms with Crippen molar-refractivity contribution >= 4 is 32.8 Å². The fourth-order valence-corrected chi connectivity index (χ4v) is 6.79. The van der Waals surface area contributed by atoms with Crippen LogP contribution in [-0.4, -0.2) is 66.3 Å². The molecular formula is C27H41N3O8Si. The predicted molar refractivity (Wildman–Crippen MR) is 146 cm³/mol. The number of amides is 3. The van der Waals surface area contributed by atoms with Crippen molar-refractivity contribution in [1.29, 1.82) is 0 Å². The first kappa shape index (κ1) is 30.5. The number of hydrogen-bond acceptors (Lipinski definition) is 8.